The topological polar surface area (TPSA) is 91.4 Å². The molecule has 0 atom stereocenters. The van der Waals surface area contributed by atoms with Crippen LogP contribution in [0.3, 0.4) is 0 Å². The van der Waals surface area contributed by atoms with Crippen LogP contribution in [-0.4, -0.2) is 20.7 Å². The lowest BCUT2D eigenvalue weighted by Crippen LogP contribution is -2.05. The first-order chi connectivity index (χ1) is 11.6. The number of rotatable bonds is 3. The van der Waals surface area contributed by atoms with Crippen molar-refractivity contribution in [3.63, 3.8) is 0 Å². The van der Waals surface area contributed by atoms with Crippen LogP contribution in [0.15, 0.2) is 48.9 Å². The van der Waals surface area contributed by atoms with Gasteiger partial charge in [-0.05, 0) is 35.9 Å². The van der Waals surface area contributed by atoms with Crippen molar-refractivity contribution in [2.24, 2.45) is 0 Å². The second-order valence-electron chi connectivity index (χ2n) is 5.66. The van der Waals surface area contributed by atoms with E-state index in [1.54, 1.807) is 24.7 Å². The number of hydrogen-bond acceptors (Lipinski definition) is 4. The summed E-state index contributed by atoms with van der Waals surface area (Å²) >= 11 is 6.30. The minimum absolute atomic E-state index is 0.444. The van der Waals surface area contributed by atoms with Gasteiger partial charge in [0.05, 0.1) is 17.2 Å². The van der Waals surface area contributed by atoms with Crippen molar-refractivity contribution < 1.29 is 0 Å². The molecule has 0 saturated carbocycles. The number of H-pyrrole nitrogens is 1. The standard InChI is InChI=1S/C18H14ClN5/c19-12-5-11(6-15(20)10-1-2-17(21)23-8-10)18-14(7-12)13-3-4-22-9-16(13)24-18/h1-5,7-9,20,24H,6H2,(H2,21,23). The lowest BCUT2D eigenvalue weighted by Gasteiger charge is -2.07. The molecule has 1 aromatic carbocycles. The van der Waals surface area contributed by atoms with Crippen LogP contribution in [0.2, 0.25) is 5.02 Å². The van der Waals surface area contributed by atoms with E-state index in [0.29, 0.717) is 23.0 Å². The van der Waals surface area contributed by atoms with E-state index in [-0.39, 0.29) is 0 Å². The zero-order chi connectivity index (χ0) is 16.7. The minimum atomic E-state index is 0.444. The van der Waals surface area contributed by atoms with Gasteiger partial charge in [0.25, 0.3) is 0 Å². The molecule has 3 aromatic heterocycles. The van der Waals surface area contributed by atoms with Gasteiger partial charge in [-0.3, -0.25) is 4.98 Å². The van der Waals surface area contributed by atoms with Crippen molar-refractivity contribution in [1.82, 2.24) is 15.0 Å². The van der Waals surface area contributed by atoms with E-state index in [1.807, 2.05) is 24.3 Å². The third kappa shape index (κ3) is 2.49. The smallest absolute Gasteiger partial charge is 0.123 e. The van der Waals surface area contributed by atoms with Crippen molar-refractivity contribution >= 4 is 44.9 Å². The number of anilines is 1. The molecular formula is C18H14ClN5. The maximum atomic E-state index is 8.37. The maximum Gasteiger partial charge on any atom is 0.123 e. The van der Waals surface area contributed by atoms with Crippen molar-refractivity contribution in [2.75, 3.05) is 5.73 Å². The lowest BCUT2D eigenvalue weighted by atomic mass is 10.0. The number of hydrogen-bond donors (Lipinski definition) is 3. The molecule has 4 aromatic rings. The first kappa shape index (κ1) is 14.7. The second kappa shape index (κ2) is 5.62. The highest BCUT2D eigenvalue weighted by Crippen LogP contribution is 2.30. The summed E-state index contributed by atoms with van der Waals surface area (Å²) < 4.78 is 0. The minimum Gasteiger partial charge on any atom is -0.384 e. The maximum absolute atomic E-state index is 8.37. The van der Waals surface area contributed by atoms with Crippen LogP contribution in [0.1, 0.15) is 11.1 Å². The second-order valence-corrected chi connectivity index (χ2v) is 6.10. The summed E-state index contributed by atoms with van der Waals surface area (Å²) in [7, 11) is 0. The van der Waals surface area contributed by atoms with Crippen molar-refractivity contribution in [2.45, 2.75) is 6.42 Å². The molecule has 0 saturated heterocycles. The van der Waals surface area contributed by atoms with E-state index in [0.717, 1.165) is 32.9 Å². The predicted molar refractivity (Wildman–Crippen MR) is 97.8 cm³/mol. The summed E-state index contributed by atoms with van der Waals surface area (Å²) in [6.45, 7) is 0. The number of nitrogens with two attached hydrogens (primary N) is 1. The largest absolute Gasteiger partial charge is 0.384 e. The van der Waals surface area contributed by atoms with E-state index in [2.05, 4.69) is 15.0 Å². The van der Waals surface area contributed by atoms with Crippen molar-refractivity contribution in [1.29, 1.82) is 5.41 Å². The number of nitrogens with zero attached hydrogens (tertiary/aromatic N) is 2. The predicted octanol–water partition coefficient (Wildman–Crippen LogP) is 3.96. The number of pyridine rings is 2. The highest BCUT2D eigenvalue weighted by molar-refractivity contribution is 6.32. The van der Waals surface area contributed by atoms with E-state index in [4.69, 9.17) is 22.7 Å². The van der Waals surface area contributed by atoms with Crippen LogP contribution < -0.4 is 5.73 Å². The van der Waals surface area contributed by atoms with Gasteiger partial charge in [0.2, 0.25) is 0 Å². The molecule has 0 unspecified atom stereocenters. The van der Waals surface area contributed by atoms with Gasteiger partial charge < -0.3 is 16.1 Å². The molecule has 0 bridgehead atoms. The number of benzene rings is 1. The van der Waals surface area contributed by atoms with Crippen LogP contribution in [0.4, 0.5) is 5.82 Å². The third-order valence-electron chi connectivity index (χ3n) is 4.06. The van der Waals surface area contributed by atoms with Crippen LogP contribution in [-0.2, 0) is 6.42 Å². The molecule has 6 heteroatoms. The SMILES string of the molecule is N=C(Cc1cc(Cl)cc2c1[nH]c1cnccc12)c1ccc(N)nc1. The Kier molecular flexibility index (Phi) is 3.43. The van der Waals surface area contributed by atoms with Gasteiger partial charge in [-0.1, -0.05) is 11.6 Å². The van der Waals surface area contributed by atoms with Crippen LogP contribution in [0, 0.1) is 5.41 Å². The summed E-state index contributed by atoms with van der Waals surface area (Å²) in [6, 6.07) is 9.30. The number of aromatic amines is 1. The molecule has 5 nitrogen and oxygen atoms in total. The fraction of sp³-hybridized carbons (Fsp3) is 0.0556. The molecule has 0 amide bonds. The van der Waals surface area contributed by atoms with E-state index >= 15 is 0 Å². The summed E-state index contributed by atoms with van der Waals surface area (Å²) in [4.78, 5) is 11.6. The summed E-state index contributed by atoms with van der Waals surface area (Å²) in [5, 5.41) is 11.1. The molecule has 24 heavy (non-hydrogen) atoms. The number of aromatic nitrogens is 3. The van der Waals surface area contributed by atoms with Gasteiger partial charge in [0, 0.05) is 45.9 Å². The Hall–Kier alpha value is -2.92. The van der Waals surface area contributed by atoms with Gasteiger partial charge in [0.15, 0.2) is 0 Å². The van der Waals surface area contributed by atoms with Crippen molar-refractivity contribution in [3.05, 3.63) is 65.1 Å². The molecule has 3 heterocycles. The van der Waals surface area contributed by atoms with Crippen LogP contribution in [0.25, 0.3) is 21.8 Å². The first-order valence-corrected chi connectivity index (χ1v) is 7.83. The summed E-state index contributed by atoms with van der Waals surface area (Å²) in [5.41, 5.74) is 9.72. The van der Waals surface area contributed by atoms with Crippen LogP contribution >= 0.6 is 11.6 Å². The monoisotopic (exact) mass is 335 g/mol. The molecule has 4 rings (SSSR count). The number of nitrogens with one attached hydrogen (secondary N) is 2. The molecule has 0 spiro atoms. The molecule has 0 aliphatic carbocycles. The number of fused-ring (bicyclic) bond motifs is 3. The van der Waals surface area contributed by atoms with E-state index < -0.39 is 0 Å². The summed E-state index contributed by atoms with van der Waals surface area (Å²) in [6.07, 6.45) is 5.62. The Morgan fingerprint density at radius 3 is 2.83 bits per heavy atom. The zero-order valence-corrected chi connectivity index (χ0v) is 13.4. The quantitative estimate of drug-likeness (QED) is 0.495. The molecule has 0 radical (unpaired) electrons. The van der Waals surface area contributed by atoms with Crippen LogP contribution in [0.5, 0.6) is 0 Å². The fourth-order valence-corrected chi connectivity index (χ4v) is 3.14. The normalized spacial score (nSPS) is 11.2. The van der Waals surface area contributed by atoms with Gasteiger partial charge in [-0.25, -0.2) is 4.98 Å². The third-order valence-corrected chi connectivity index (χ3v) is 4.28. The Balaban J connectivity index is 1.81. The fourth-order valence-electron chi connectivity index (χ4n) is 2.90. The number of halogens is 1. The first-order valence-electron chi connectivity index (χ1n) is 7.45. The molecular weight excluding hydrogens is 322 g/mol. The van der Waals surface area contributed by atoms with Crippen molar-refractivity contribution in [3.8, 4) is 0 Å². The Morgan fingerprint density at radius 2 is 2.04 bits per heavy atom. The average molecular weight is 336 g/mol. The van der Waals surface area contributed by atoms with E-state index in [1.165, 1.54) is 0 Å². The molecule has 118 valence electrons. The van der Waals surface area contributed by atoms with Gasteiger partial charge in [-0.2, -0.15) is 0 Å². The Morgan fingerprint density at radius 1 is 1.17 bits per heavy atom. The average Bonchev–Trinajstić information content (AvgIpc) is 2.94. The lowest BCUT2D eigenvalue weighted by molar-refractivity contribution is 1.25. The number of nitrogen functional groups attached to an aromatic ring is 1. The molecule has 0 aliphatic rings. The highest BCUT2D eigenvalue weighted by Gasteiger charge is 2.12. The van der Waals surface area contributed by atoms with Gasteiger partial charge in [0.1, 0.15) is 5.82 Å². The van der Waals surface area contributed by atoms with Gasteiger partial charge >= 0.3 is 0 Å². The summed E-state index contributed by atoms with van der Waals surface area (Å²) in [5.74, 6) is 0.444. The molecule has 0 aliphatic heterocycles. The highest BCUT2D eigenvalue weighted by atomic mass is 35.5. The molecule has 4 N–H and O–H groups in total. The Bertz CT molecular complexity index is 1070. The molecule has 0 fully saturated rings. The van der Waals surface area contributed by atoms with Gasteiger partial charge in [-0.15, -0.1) is 0 Å². The Labute approximate surface area is 143 Å². The zero-order valence-electron chi connectivity index (χ0n) is 12.7. The van der Waals surface area contributed by atoms with E-state index in [9.17, 15) is 0 Å².